The molecule has 0 amide bonds. The van der Waals surface area contributed by atoms with Crippen LogP contribution in [-0.4, -0.2) is 36.4 Å². The number of aliphatic hydroxyl groups excluding tert-OH is 1. The molecule has 0 radical (unpaired) electrons. The maximum Gasteiger partial charge on any atom is 0.416 e. The highest BCUT2D eigenvalue weighted by Gasteiger charge is 2.33. The summed E-state index contributed by atoms with van der Waals surface area (Å²) >= 11 is 0. The number of nitro groups is 1. The monoisotopic (exact) mass is 382 g/mol. The summed E-state index contributed by atoms with van der Waals surface area (Å²) in [5.74, 6) is 0. The van der Waals surface area contributed by atoms with Crippen molar-refractivity contribution in [2.45, 2.75) is 6.18 Å². The van der Waals surface area contributed by atoms with Crippen molar-refractivity contribution in [3.8, 4) is 0 Å². The first-order valence-electron chi connectivity index (χ1n) is 7.79. The summed E-state index contributed by atoms with van der Waals surface area (Å²) < 4.78 is 38.1. The molecule has 0 heterocycles. The molecule has 7 nitrogen and oxygen atoms in total. The van der Waals surface area contributed by atoms with Gasteiger partial charge in [0.15, 0.2) is 0 Å². The average Bonchev–Trinajstić information content (AvgIpc) is 2.61. The number of anilines is 2. The molecule has 0 aromatic heterocycles. The molecule has 0 aliphatic heterocycles. The van der Waals surface area contributed by atoms with E-state index in [9.17, 15) is 23.3 Å². The van der Waals surface area contributed by atoms with E-state index in [1.54, 1.807) is 24.3 Å². The van der Waals surface area contributed by atoms with Gasteiger partial charge in [0.05, 0.1) is 23.3 Å². The van der Waals surface area contributed by atoms with Gasteiger partial charge in [-0.3, -0.25) is 15.5 Å². The smallest absolute Gasteiger partial charge is 0.395 e. The van der Waals surface area contributed by atoms with Crippen LogP contribution in [0.4, 0.5) is 30.2 Å². The predicted molar refractivity (Wildman–Crippen MR) is 96.1 cm³/mol. The molecule has 2 aromatic rings. The van der Waals surface area contributed by atoms with Crippen molar-refractivity contribution in [3.05, 3.63) is 63.7 Å². The predicted octanol–water partition coefficient (Wildman–Crippen LogP) is 3.49. The number of nitrogens with zero attached hydrogens (tertiary/aromatic N) is 3. The van der Waals surface area contributed by atoms with Gasteiger partial charge >= 0.3 is 6.18 Å². The number of hydrazone groups is 1. The van der Waals surface area contributed by atoms with Gasteiger partial charge in [-0.1, -0.05) is 12.1 Å². The van der Waals surface area contributed by atoms with Gasteiger partial charge in [0, 0.05) is 25.3 Å². The standard InChI is InChI=1S/C17H17F3N4O3/c1-23(8-9-25)14-5-2-12(3-6-14)11-21-22-15-7-4-13(17(18,19)20)10-16(15)24(26)27/h2-7,10-11,22,25H,8-9H2,1H3/b21-11-. The van der Waals surface area contributed by atoms with Crippen LogP contribution in [0.3, 0.4) is 0 Å². The first kappa shape index (κ1) is 20.2. The van der Waals surface area contributed by atoms with E-state index in [0.29, 0.717) is 18.2 Å². The lowest BCUT2D eigenvalue weighted by molar-refractivity contribution is -0.384. The number of halogens is 3. The molecule has 144 valence electrons. The Hall–Kier alpha value is -3.14. The van der Waals surface area contributed by atoms with Crippen LogP contribution in [0.5, 0.6) is 0 Å². The summed E-state index contributed by atoms with van der Waals surface area (Å²) in [5, 5.41) is 23.8. The normalized spacial score (nSPS) is 11.6. The summed E-state index contributed by atoms with van der Waals surface area (Å²) in [4.78, 5) is 12.0. The number of hydrogen-bond donors (Lipinski definition) is 2. The van der Waals surface area contributed by atoms with Gasteiger partial charge in [0.25, 0.3) is 5.69 Å². The van der Waals surface area contributed by atoms with E-state index in [2.05, 4.69) is 10.5 Å². The van der Waals surface area contributed by atoms with E-state index in [4.69, 9.17) is 5.11 Å². The SMILES string of the molecule is CN(CCO)c1ccc(/C=N\Nc2ccc(C(F)(F)F)cc2[N+](=O)[O-])cc1. The summed E-state index contributed by atoms with van der Waals surface area (Å²) in [5.41, 5.74) is 1.98. The van der Waals surface area contributed by atoms with Crippen molar-refractivity contribution >= 4 is 23.3 Å². The largest absolute Gasteiger partial charge is 0.416 e. The third kappa shape index (κ3) is 5.42. The molecule has 0 bridgehead atoms. The second-order valence-corrected chi connectivity index (χ2v) is 5.59. The fourth-order valence-corrected chi connectivity index (χ4v) is 2.22. The Morgan fingerprint density at radius 2 is 1.93 bits per heavy atom. The van der Waals surface area contributed by atoms with Crippen molar-refractivity contribution < 1.29 is 23.2 Å². The summed E-state index contributed by atoms with van der Waals surface area (Å²) in [6, 6.07) is 9.27. The third-order valence-electron chi connectivity index (χ3n) is 3.69. The van der Waals surface area contributed by atoms with Crippen molar-refractivity contribution in [3.63, 3.8) is 0 Å². The van der Waals surface area contributed by atoms with Gasteiger partial charge in [0.1, 0.15) is 5.69 Å². The van der Waals surface area contributed by atoms with E-state index in [-0.39, 0.29) is 12.3 Å². The molecule has 10 heteroatoms. The minimum absolute atomic E-state index is 0.0234. The molecule has 27 heavy (non-hydrogen) atoms. The lowest BCUT2D eigenvalue weighted by atomic mass is 10.1. The van der Waals surface area contributed by atoms with E-state index in [0.717, 1.165) is 17.8 Å². The Bertz CT molecular complexity index is 823. The number of nitro benzene ring substituents is 1. The minimum atomic E-state index is -4.67. The fraction of sp³-hybridized carbons (Fsp3) is 0.235. The number of benzene rings is 2. The van der Waals surface area contributed by atoms with E-state index in [1.165, 1.54) is 6.21 Å². The molecular formula is C17H17F3N4O3. The topological polar surface area (TPSA) is 91.0 Å². The van der Waals surface area contributed by atoms with E-state index < -0.39 is 22.4 Å². The highest BCUT2D eigenvalue weighted by Crippen LogP contribution is 2.34. The first-order valence-corrected chi connectivity index (χ1v) is 7.79. The van der Waals surface area contributed by atoms with Crippen LogP contribution in [0.25, 0.3) is 0 Å². The zero-order valence-electron chi connectivity index (χ0n) is 14.3. The maximum absolute atomic E-state index is 12.7. The number of rotatable bonds is 7. The van der Waals surface area contributed by atoms with Crippen molar-refractivity contribution in [1.29, 1.82) is 0 Å². The Labute approximate surface area is 152 Å². The summed E-state index contributed by atoms with van der Waals surface area (Å²) in [6.07, 6.45) is -3.28. The van der Waals surface area contributed by atoms with Gasteiger partial charge < -0.3 is 10.0 Å². The molecule has 0 fully saturated rings. The summed E-state index contributed by atoms with van der Waals surface area (Å²) in [7, 11) is 1.82. The lowest BCUT2D eigenvalue weighted by Gasteiger charge is -2.17. The van der Waals surface area contributed by atoms with Crippen molar-refractivity contribution in [2.75, 3.05) is 30.5 Å². The van der Waals surface area contributed by atoms with Crippen LogP contribution >= 0.6 is 0 Å². The molecule has 0 atom stereocenters. The van der Waals surface area contributed by atoms with Gasteiger partial charge in [-0.2, -0.15) is 18.3 Å². The molecule has 0 unspecified atom stereocenters. The average molecular weight is 382 g/mol. The Balaban J connectivity index is 2.12. The molecule has 2 N–H and O–H groups in total. The molecule has 0 aliphatic carbocycles. The second-order valence-electron chi connectivity index (χ2n) is 5.59. The van der Waals surface area contributed by atoms with Gasteiger partial charge in [-0.05, 0) is 29.8 Å². The molecular weight excluding hydrogens is 365 g/mol. The maximum atomic E-state index is 12.7. The van der Waals surface area contributed by atoms with Gasteiger partial charge in [-0.25, -0.2) is 0 Å². The van der Waals surface area contributed by atoms with Crippen LogP contribution in [0.1, 0.15) is 11.1 Å². The zero-order chi connectivity index (χ0) is 20.0. The lowest BCUT2D eigenvalue weighted by Crippen LogP contribution is -2.20. The molecule has 0 saturated carbocycles. The summed E-state index contributed by atoms with van der Waals surface area (Å²) in [6.45, 7) is 0.502. The minimum Gasteiger partial charge on any atom is -0.395 e. The van der Waals surface area contributed by atoms with E-state index >= 15 is 0 Å². The van der Waals surface area contributed by atoms with Crippen molar-refractivity contribution in [1.82, 2.24) is 0 Å². The molecule has 0 saturated heterocycles. The molecule has 0 spiro atoms. The molecule has 2 aromatic carbocycles. The second kappa shape index (κ2) is 8.49. The van der Waals surface area contributed by atoms with Crippen LogP contribution in [-0.2, 0) is 6.18 Å². The van der Waals surface area contributed by atoms with Crippen molar-refractivity contribution in [2.24, 2.45) is 5.10 Å². The Morgan fingerprint density at radius 1 is 1.26 bits per heavy atom. The Kier molecular flexibility index (Phi) is 6.35. The number of nitrogens with one attached hydrogen (secondary N) is 1. The molecule has 2 rings (SSSR count). The number of hydrogen-bond acceptors (Lipinski definition) is 6. The Morgan fingerprint density at radius 3 is 2.48 bits per heavy atom. The first-order chi connectivity index (χ1) is 12.7. The number of aliphatic hydroxyl groups is 1. The van der Waals surface area contributed by atoms with Crippen LogP contribution in [0.15, 0.2) is 47.6 Å². The van der Waals surface area contributed by atoms with Gasteiger partial charge in [-0.15, -0.1) is 0 Å². The van der Waals surface area contributed by atoms with Crippen LogP contribution in [0.2, 0.25) is 0 Å². The van der Waals surface area contributed by atoms with Crippen LogP contribution < -0.4 is 10.3 Å². The third-order valence-corrected chi connectivity index (χ3v) is 3.69. The highest BCUT2D eigenvalue weighted by molar-refractivity contribution is 5.81. The zero-order valence-corrected chi connectivity index (χ0v) is 14.3. The van der Waals surface area contributed by atoms with Crippen LogP contribution in [0, 0.1) is 10.1 Å². The quantitative estimate of drug-likeness (QED) is 0.435. The number of likely N-dealkylation sites (N-methyl/N-ethyl adjacent to an activating group) is 1. The number of alkyl halides is 3. The highest BCUT2D eigenvalue weighted by atomic mass is 19.4. The van der Waals surface area contributed by atoms with Gasteiger partial charge in [0.2, 0.25) is 0 Å². The van der Waals surface area contributed by atoms with E-state index in [1.807, 2.05) is 11.9 Å². The molecule has 0 aliphatic rings. The fourth-order valence-electron chi connectivity index (χ4n) is 2.22.